The summed E-state index contributed by atoms with van der Waals surface area (Å²) in [5, 5.41) is 11.4. The van der Waals surface area contributed by atoms with Crippen LogP contribution in [0.15, 0.2) is 42.5 Å². The topological polar surface area (TPSA) is 71.4 Å². The molecule has 192 valence electrons. The lowest BCUT2D eigenvalue weighted by atomic mass is 9.99. The van der Waals surface area contributed by atoms with E-state index in [2.05, 4.69) is 21.8 Å². The van der Waals surface area contributed by atoms with Crippen molar-refractivity contribution in [1.29, 1.82) is 0 Å². The van der Waals surface area contributed by atoms with Crippen LogP contribution in [0.3, 0.4) is 0 Å². The number of nitrogens with one attached hydrogen (secondary N) is 2. The summed E-state index contributed by atoms with van der Waals surface area (Å²) in [6, 6.07) is 13.2. The number of nitrogens with zero attached hydrogens (tertiary/aromatic N) is 3. The molecule has 1 saturated heterocycles. The van der Waals surface area contributed by atoms with Crippen molar-refractivity contribution in [2.75, 3.05) is 26.7 Å². The van der Waals surface area contributed by atoms with Crippen LogP contribution in [0.5, 0.6) is 5.75 Å². The number of carbonyl (C=O) groups is 1. The zero-order chi connectivity index (χ0) is 25.5. The van der Waals surface area contributed by atoms with Crippen LogP contribution >= 0.6 is 23.2 Å². The third-order valence-corrected chi connectivity index (χ3v) is 8.24. The minimum Gasteiger partial charge on any atom is -0.497 e. The molecular formula is C28H29Cl2N5O2. The van der Waals surface area contributed by atoms with Crippen molar-refractivity contribution >= 4 is 40.8 Å². The fourth-order valence-corrected chi connectivity index (χ4v) is 6.40. The van der Waals surface area contributed by atoms with Crippen LogP contribution in [0.25, 0.3) is 17.3 Å². The number of methoxy groups -OCH3 is 1. The number of benzene rings is 2. The number of hydrazine groups is 1. The number of carbonyl (C=O) groups excluding carboxylic acids is 1. The van der Waals surface area contributed by atoms with E-state index in [1.807, 2.05) is 30.3 Å². The second-order valence-corrected chi connectivity index (χ2v) is 10.9. The summed E-state index contributed by atoms with van der Waals surface area (Å²) >= 11 is 12.8. The summed E-state index contributed by atoms with van der Waals surface area (Å²) in [6.45, 7) is 2.98. The third-order valence-electron chi connectivity index (χ3n) is 7.70. The van der Waals surface area contributed by atoms with E-state index in [9.17, 15) is 4.79 Å². The Hall–Kier alpha value is -2.84. The fourth-order valence-electron chi connectivity index (χ4n) is 5.91. The zero-order valence-electron chi connectivity index (χ0n) is 20.6. The molecule has 2 atom stereocenters. The Labute approximate surface area is 226 Å². The highest BCUT2D eigenvalue weighted by molar-refractivity contribution is 6.35. The highest BCUT2D eigenvalue weighted by atomic mass is 35.5. The van der Waals surface area contributed by atoms with Crippen LogP contribution in [0.2, 0.25) is 10.0 Å². The van der Waals surface area contributed by atoms with Gasteiger partial charge in [-0.2, -0.15) is 5.10 Å². The maximum atomic E-state index is 13.6. The van der Waals surface area contributed by atoms with Gasteiger partial charge in [-0.1, -0.05) is 41.8 Å². The lowest BCUT2D eigenvalue weighted by Crippen LogP contribution is -2.41. The largest absolute Gasteiger partial charge is 0.497 e. The van der Waals surface area contributed by atoms with Gasteiger partial charge < -0.3 is 10.1 Å². The average Bonchev–Trinajstić information content (AvgIpc) is 3.59. The highest BCUT2D eigenvalue weighted by Gasteiger charge is 2.37. The van der Waals surface area contributed by atoms with Crippen molar-refractivity contribution < 1.29 is 9.53 Å². The molecule has 7 nitrogen and oxygen atoms in total. The summed E-state index contributed by atoms with van der Waals surface area (Å²) in [7, 11) is 1.65. The summed E-state index contributed by atoms with van der Waals surface area (Å²) in [5.41, 5.74) is 8.00. The molecule has 1 saturated carbocycles. The standard InChI is InChI=1S/C28H29Cl2N5O2/c1-37-22-8-5-17(6-9-22)11-20-13-31-14-23-26(28(36)33-34-15-18-3-2-4-19(18)16-34)32-35(27(20)23)25-10-7-21(29)12-24(25)30/h5-12,18-19,31H,2-4,13-16H2,1H3,(H,33,36). The Balaban J connectivity index is 1.40. The van der Waals surface area contributed by atoms with Gasteiger partial charge in [0.25, 0.3) is 5.91 Å². The average molecular weight is 538 g/mol. The number of hydrogen-bond acceptors (Lipinski definition) is 5. The van der Waals surface area contributed by atoms with Gasteiger partial charge in [0, 0.05) is 36.8 Å². The molecule has 9 heteroatoms. The quantitative estimate of drug-likeness (QED) is 0.467. The lowest BCUT2D eigenvalue weighted by Gasteiger charge is -2.21. The highest BCUT2D eigenvalue weighted by Crippen LogP contribution is 2.37. The van der Waals surface area contributed by atoms with Gasteiger partial charge in [0.15, 0.2) is 5.69 Å². The lowest BCUT2D eigenvalue weighted by molar-refractivity contribution is 0.0807. The summed E-state index contributed by atoms with van der Waals surface area (Å²) in [5.74, 6) is 1.97. The van der Waals surface area contributed by atoms with Gasteiger partial charge in [-0.05, 0) is 72.2 Å². The number of aromatic nitrogens is 2. The van der Waals surface area contributed by atoms with Gasteiger partial charge in [0.1, 0.15) is 5.75 Å². The predicted molar refractivity (Wildman–Crippen MR) is 146 cm³/mol. The molecule has 3 aliphatic rings. The summed E-state index contributed by atoms with van der Waals surface area (Å²) in [4.78, 5) is 13.6. The molecule has 2 N–H and O–H groups in total. The first-order valence-corrected chi connectivity index (χ1v) is 13.4. The second-order valence-electron chi connectivity index (χ2n) is 10.0. The maximum absolute atomic E-state index is 13.6. The van der Waals surface area contributed by atoms with E-state index in [4.69, 9.17) is 33.0 Å². The summed E-state index contributed by atoms with van der Waals surface area (Å²) in [6.07, 6.45) is 5.90. The Morgan fingerprint density at radius 1 is 1.11 bits per heavy atom. The Morgan fingerprint density at radius 2 is 1.86 bits per heavy atom. The number of amides is 1. The molecule has 2 unspecified atom stereocenters. The number of rotatable bonds is 5. The Bertz CT molecular complexity index is 1360. The van der Waals surface area contributed by atoms with Gasteiger partial charge in [0.2, 0.25) is 0 Å². The molecule has 2 aromatic carbocycles. The van der Waals surface area contributed by atoms with Gasteiger partial charge in [-0.3, -0.25) is 10.2 Å². The fraction of sp³-hybridized carbons (Fsp3) is 0.357. The van der Waals surface area contributed by atoms with E-state index in [-0.39, 0.29) is 5.91 Å². The molecule has 3 heterocycles. The van der Waals surface area contributed by atoms with E-state index >= 15 is 0 Å². The van der Waals surface area contributed by atoms with Crippen molar-refractivity contribution in [3.63, 3.8) is 0 Å². The van der Waals surface area contributed by atoms with Crippen LogP contribution in [0.1, 0.15) is 46.6 Å². The minimum atomic E-state index is -0.187. The van der Waals surface area contributed by atoms with Crippen LogP contribution in [0.4, 0.5) is 0 Å². The molecule has 2 fully saturated rings. The molecule has 0 spiro atoms. The first-order valence-electron chi connectivity index (χ1n) is 12.7. The van der Waals surface area contributed by atoms with E-state index in [0.29, 0.717) is 46.4 Å². The molecule has 3 aromatic rings. The van der Waals surface area contributed by atoms with Crippen LogP contribution in [-0.4, -0.2) is 47.4 Å². The normalized spacial score (nSPS) is 22.2. The molecule has 0 bridgehead atoms. The first-order chi connectivity index (χ1) is 18.0. The van der Waals surface area contributed by atoms with Crippen LogP contribution in [-0.2, 0) is 6.54 Å². The van der Waals surface area contributed by atoms with E-state index < -0.39 is 0 Å². The van der Waals surface area contributed by atoms with Crippen LogP contribution in [0, 0.1) is 11.8 Å². The van der Waals surface area contributed by atoms with Crippen molar-refractivity contribution in [1.82, 2.24) is 25.5 Å². The zero-order valence-corrected chi connectivity index (χ0v) is 22.1. The number of ether oxygens (including phenoxy) is 1. The van der Waals surface area contributed by atoms with Gasteiger partial charge in [-0.15, -0.1) is 0 Å². The second kappa shape index (κ2) is 10.1. The number of hydrogen-bond donors (Lipinski definition) is 2. The van der Waals surface area contributed by atoms with Crippen LogP contribution < -0.4 is 15.5 Å². The molecule has 1 amide bonds. The molecule has 1 aromatic heterocycles. The smallest absolute Gasteiger partial charge is 0.286 e. The molecular weight excluding hydrogens is 509 g/mol. The third kappa shape index (κ3) is 4.77. The predicted octanol–water partition coefficient (Wildman–Crippen LogP) is 5.21. The minimum absolute atomic E-state index is 0.187. The molecule has 0 radical (unpaired) electrons. The van der Waals surface area contributed by atoms with Gasteiger partial charge >= 0.3 is 0 Å². The van der Waals surface area contributed by atoms with Gasteiger partial charge in [-0.25, -0.2) is 9.69 Å². The molecule has 6 rings (SSSR count). The number of fused-ring (bicyclic) bond motifs is 2. The van der Waals surface area contributed by atoms with Crippen molar-refractivity contribution in [2.45, 2.75) is 25.8 Å². The van der Waals surface area contributed by atoms with Crippen molar-refractivity contribution in [2.24, 2.45) is 11.8 Å². The maximum Gasteiger partial charge on any atom is 0.286 e. The Kier molecular flexibility index (Phi) is 6.71. The molecule has 37 heavy (non-hydrogen) atoms. The first kappa shape index (κ1) is 24.5. The van der Waals surface area contributed by atoms with Crippen molar-refractivity contribution in [3.8, 4) is 11.4 Å². The Morgan fingerprint density at radius 3 is 2.57 bits per heavy atom. The number of halogens is 2. The van der Waals surface area contributed by atoms with E-state index in [0.717, 1.165) is 41.2 Å². The molecule has 1 aliphatic carbocycles. The van der Waals surface area contributed by atoms with Gasteiger partial charge in [0.05, 0.1) is 23.5 Å². The van der Waals surface area contributed by atoms with E-state index in [1.54, 1.807) is 23.9 Å². The SMILES string of the molecule is COc1ccc(C=C2CNCc3c(C(=O)NN4CC5CCCC5C4)nn(-c4ccc(Cl)cc4Cl)c32)cc1. The van der Waals surface area contributed by atoms with Crippen molar-refractivity contribution in [3.05, 3.63) is 75.0 Å². The monoisotopic (exact) mass is 537 g/mol. The molecule has 2 aliphatic heterocycles. The van der Waals surface area contributed by atoms with E-state index in [1.165, 1.54) is 19.3 Å². The summed E-state index contributed by atoms with van der Waals surface area (Å²) < 4.78 is 7.09.